The zero-order valence-electron chi connectivity index (χ0n) is 16.4. The maximum atomic E-state index is 11.7. The number of halogens is 1. The predicted octanol–water partition coefficient (Wildman–Crippen LogP) is 3.77. The van der Waals surface area contributed by atoms with Gasteiger partial charge in [0.15, 0.2) is 20.8 Å². The van der Waals surface area contributed by atoms with Gasteiger partial charge >= 0.3 is 0 Å². The molecule has 0 aliphatic carbocycles. The monoisotopic (exact) mass is 462 g/mol. The number of benzene rings is 2. The smallest absolute Gasteiger partial charge is 0.175 e. The molecule has 0 amide bonds. The number of imidazole rings is 1. The van der Waals surface area contributed by atoms with Gasteiger partial charge < -0.3 is 4.57 Å². The number of aryl methyl sites for hydroxylation is 1. The average molecular weight is 463 g/mol. The fourth-order valence-corrected chi connectivity index (χ4v) is 4.83. The highest BCUT2D eigenvalue weighted by atomic mass is 35.5. The van der Waals surface area contributed by atoms with E-state index in [9.17, 15) is 8.42 Å². The molecule has 0 saturated carbocycles. The van der Waals surface area contributed by atoms with Crippen molar-refractivity contribution in [1.29, 1.82) is 0 Å². The van der Waals surface area contributed by atoms with Crippen molar-refractivity contribution in [2.45, 2.75) is 35.7 Å². The molecule has 0 N–H and O–H groups in total. The van der Waals surface area contributed by atoms with E-state index in [0.29, 0.717) is 22.3 Å². The van der Waals surface area contributed by atoms with Crippen LogP contribution in [0, 0.1) is 0 Å². The van der Waals surface area contributed by atoms with Crippen LogP contribution in [0.1, 0.15) is 19.2 Å². The number of tetrazole rings is 1. The Kier molecular flexibility index (Phi) is 5.81. The Hall–Kier alpha value is -2.43. The summed E-state index contributed by atoms with van der Waals surface area (Å²) in [7, 11) is -3.26. The lowest BCUT2D eigenvalue weighted by Gasteiger charge is -2.08. The van der Waals surface area contributed by atoms with Crippen LogP contribution in [0.2, 0.25) is 5.02 Å². The van der Waals surface area contributed by atoms with Gasteiger partial charge in [-0.2, -0.15) is 4.68 Å². The summed E-state index contributed by atoms with van der Waals surface area (Å²) >= 11 is 7.66. The lowest BCUT2D eigenvalue weighted by atomic mass is 10.3. The van der Waals surface area contributed by atoms with Gasteiger partial charge in [-0.1, -0.05) is 30.3 Å². The molecule has 0 spiro atoms. The number of fused-ring (bicyclic) bond motifs is 1. The van der Waals surface area contributed by atoms with E-state index < -0.39 is 9.84 Å². The summed E-state index contributed by atoms with van der Waals surface area (Å²) in [5, 5.41) is 13.5. The molecule has 0 unspecified atom stereocenters. The van der Waals surface area contributed by atoms with Gasteiger partial charge in [-0.05, 0) is 59.3 Å². The normalized spacial score (nSPS) is 12.0. The third-order valence-corrected chi connectivity index (χ3v) is 6.83. The van der Waals surface area contributed by atoms with Crippen molar-refractivity contribution in [1.82, 2.24) is 29.8 Å². The SMILES string of the molecule is CCCn1c(SCc2nnnn2-c2ccc(S(C)(=O)=O)cc2)nc2cc(Cl)ccc21. The lowest BCUT2D eigenvalue weighted by Crippen LogP contribution is -2.04. The van der Waals surface area contributed by atoms with Gasteiger partial charge in [-0.3, -0.25) is 0 Å². The summed E-state index contributed by atoms with van der Waals surface area (Å²) in [4.78, 5) is 4.98. The fraction of sp³-hybridized carbons (Fsp3) is 0.263. The van der Waals surface area contributed by atoms with Crippen LogP contribution < -0.4 is 0 Å². The molecule has 0 aliphatic heterocycles. The minimum atomic E-state index is -3.26. The molecule has 0 radical (unpaired) electrons. The highest BCUT2D eigenvalue weighted by molar-refractivity contribution is 7.98. The number of thioether (sulfide) groups is 1. The first-order valence-electron chi connectivity index (χ1n) is 9.23. The van der Waals surface area contributed by atoms with Crippen LogP contribution in [0.4, 0.5) is 0 Å². The topological polar surface area (TPSA) is 95.6 Å². The van der Waals surface area contributed by atoms with Crippen molar-refractivity contribution in [3.05, 3.63) is 53.3 Å². The third-order valence-electron chi connectivity index (χ3n) is 4.50. The van der Waals surface area contributed by atoms with Crippen molar-refractivity contribution in [2.24, 2.45) is 0 Å². The van der Waals surface area contributed by atoms with Gasteiger partial charge in [-0.15, -0.1) is 5.10 Å². The Labute approximate surface area is 183 Å². The molecule has 11 heteroatoms. The average Bonchev–Trinajstić information content (AvgIpc) is 3.30. The van der Waals surface area contributed by atoms with E-state index in [1.807, 2.05) is 18.2 Å². The first-order valence-corrected chi connectivity index (χ1v) is 12.5. The van der Waals surface area contributed by atoms with Crippen molar-refractivity contribution in [3.63, 3.8) is 0 Å². The molecule has 2 aromatic carbocycles. The van der Waals surface area contributed by atoms with Gasteiger partial charge in [0.1, 0.15) is 0 Å². The second-order valence-electron chi connectivity index (χ2n) is 6.74. The van der Waals surface area contributed by atoms with E-state index >= 15 is 0 Å². The summed E-state index contributed by atoms with van der Waals surface area (Å²) in [5.74, 6) is 1.14. The van der Waals surface area contributed by atoms with Gasteiger partial charge in [-0.25, -0.2) is 13.4 Å². The van der Waals surface area contributed by atoms with E-state index in [0.717, 1.165) is 29.2 Å². The summed E-state index contributed by atoms with van der Waals surface area (Å²) in [6.07, 6.45) is 2.16. The zero-order chi connectivity index (χ0) is 21.3. The molecule has 156 valence electrons. The molecule has 2 aromatic heterocycles. The van der Waals surface area contributed by atoms with Crippen LogP contribution in [-0.4, -0.2) is 44.4 Å². The van der Waals surface area contributed by atoms with E-state index in [4.69, 9.17) is 16.6 Å². The Morgan fingerprint density at radius 2 is 1.90 bits per heavy atom. The van der Waals surface area contributed by atoms with E-state index in [1.54, 1.807) is 40.7 Å². The van der Waals surface area contributed by atoms with Crippen molar-refractivity contribution in [2.75, 3.05) is 6.26 Å². The van der Waals surface area contributed by atoms with Gasteiger partial charge in [0.2, 0.25) is 0 Å². The number of hydrogen-bond donors (Lipinski definition) is 0. The van der Waals surface area contributed by atoms with E-state index in [2.05, 4.69) is 27.0 Å². The summed E-state index contributed by atoms with van der Waals surface area (Å²) in [5.41, 5.74) is 2.59. The number of sulfone groups is 1. The Morgan fingerprint density at radius 1 is 1.13 bits per heavy atom. The summed E-state index contributed by atoms with van der Waals surface area (Å²) in [6, 6.07) is 12.2. The van der Waals surface area contributed by atoms with Crippen LogP contribution in [0.5, 0.6) is 0 Å². The first kappa shape index (κ1) is 20.8. The molecule has 8 nitrogen and oxygen atoms in total. The van der Waals surface area contributed by atoms with Crippen LogP contribution in [0.15, 0.2) is 52.5 Å². The number of rotatable bonds is 7. The van der Waals surface area contributed by atoms with Crippen LogP contribution in [0.25, 0.3) is 16.7 Å². The van der Waals surface area contributed by atoms with Gasteiger partial charge in [0, 0.05) is 17.8 Å². The molecule has 0 aliphatic rings. The molecule has 0 saturated heterocycles. The van der Waals surface area contributed by atoms with Gasteiger partial charge in [0.05, 0.1) is 27.4 Å². The summed E-state index contributed by atoms with van der Waals surface area (Å²) in [6.45, 7) is 2.97. The standard InChI is InChI=1S/C19H19ClN6O2S2/c1-3-10-25-17-9-4-13(20)11-16(17)21-19(25)29-12-18-22-23-24-26(18)14-5-7-15(8-6-14)30(2,27)28/h4-9,11H,3,10,12H2,1-2H3. The first-order chi connectivity index (χ1) is 14.4. The Bertz CT molecular complexity index is 1300. The molecule has 4 rings (SSSR count). The highest BCUT2D eigenvalue weighted by Crippen LogP contribution is 2.28. The molecule has 30 heavy (non-hydrogen) atoms. The van der Waals surface area contributed by atoms with E-state index in [1.165, 1.54) is 6.26 Å². The predicted molar refractivity (Wildman–Crippen MR) is 117 cm³/mol. The molecule has 0 fully saturated rings. The minimum absolute atomic E-state index is 0.252. The minimum Gasteiger partial charge on any atom is -0.319 e. The fourth-order valence-electron chi connectivity index (χ4n) is 3.09. The Morgan fingerprint density at radius 3 is 2.60 bits per heavy atom. The highest BCUT2D eigenvalue weighted by Gasteiger charge is 2.15. The van der Waals surface area contributed by atoms with E-state index in [-0.39, 0.29) is 4.90 Å². The van der Waals surface area contributed by atoms with Crippen molar-refractivity contribution >= 4 is 44.2 Å². The summed E-state index contributed by atoms with van der Waals surface area (Å²) < 4.78 is 27.1. The Balaban J connectivity index is 1.60. The number of aromatic nitrogens is 6. The quantitative estimate of drug-likeness (QED) is 0.385. The maximum Gasteiger partial charge on any atom is 0.175 e. The molecular weight excluding hydrogens is 444 g/mol. The number of hydrogen-bond acceptors (Lipinski definition) is 7. The largest absolute Gasteiger partial charge is 0.319 e. The second-order valence-corrected chi connectivity index (χ2v) is 10.1. The molecule has 0 atom stereocenters. The molecule has 0 bridgehead atoms. The van der Waals surface area contributed by atoms with Crippen LogP contribution >= 0.6 is 23.4 Å². The molecule has 4 aromatic rings. The molecular formula is C19H19ClN6O2S2. The van der Waals surface area contributed by atoms with Crippen LogP contribution in [-0.2, 0) is 22.1 Å². The van der Waals surface area contributed by atoms with Crippen molar-refractivity contribution < 1.29 is 8.42 Å². The van der Waals surface area contributed by atoms with Crippen molar-refractivity contribution in [3.8, 4) is 5.69 Å². The third kappa shape index (κ3) is 4.21. The lowest BCUT2D eigenvalue weighted by molar-refractivity contribution is 0.602. The second kappa shape index (κ2) is 8.37. The van der Waals surface area contributed by atoms with Gasteiger partial charge in [0.25, 0.3) is 0 Å². The van der Waals surface area contributed by atoms with Crippen LogP contribution in [0.3, 0.4) is 0 Å². The zero-order valence-corrected chi connectivity index (χ0v) is 18.7. The maximum absolute atomic E-state index is 11.7. The molecule has 2 heterocycles. The number of nitrogens with zero attached hydrogens (tertiary/aromatic N) is 6.